The summed E-state index contributed by atoms with van der Waals surface area (Å²) in [7, 11) is -2.77. The molecule has 1 heterocycles. The van der Waals surface area contributed by atoms with E-state index in [1.54, 1.807) is 7.05 Å². The number of hydrogen-bond donors (Lipinski definition) is 1. The molecule has 3 aromatic carbocycles. The summed E-state index contributed by atoms with van der Waals surface area (Å²) < 4.78 is 117. The van der Waals surface area contributed by atoms with Gasteiger partial charge in [0.15, 0.2) is 0 Å². The minimum absolute atomic E-state index is 0.0380. The minimum Gasteiger partial charge on any atom is -0.489 e. The van der Waals surface area contributed by atoms with Gasteiger partial charge in [0.05, 0.1) is 28.3 Å². The molecule has 0 aliphatic carbocycles. The summed E-state index contributed by atoms with van der Waals surface area (Å²) in [5.74, 6) is 0.551. The number of anilines is 1. The van der Waals surface area contributed by atoms with Gasteiger partial charge in [-0.05, 0) is 48.0 Å². The fraction of sp³-hybridized carbons (Fsp3) is 0.241. The number of alkyl halides is 6. The molecule has 0 unspecified atom stereocenters. The van der Waals surface area contributed by atoms with Crippen molar-refractivity contribution in [2.45, 2.75) is 30.6 Å². The Morgan fingerprint density at radius 2 is 1.76 bits per heavy atom. The van der Waals surface area contributed by atoms with E-state index in [0.717, 1.165) is 34.6 Å². The second-order valence-corrected chi connectivity index (χ2v) is 11.3. The zero-order valence-electron chi connectivity index (χ0n) is 23.6. The van der Waals surface area contributed by atoms with Crippen molar-refractivity contribution < 1.29 is 49.0 Å². The van der Waals surface area contributed by atoms with Crippen LogP contribution in [0.1, 0.15) is 35.6 Å². The summed E-state index contributed by atoms with van der Waals surface area (Å²) in [6.45, 7) is 1.98. The van der Waals surface area contributed by atoms with Crippen molar-refractivity contribution in [3.63, 3.8) is 0 Å². The number of nitrogens with one attached hydrogen (secondary N) is 1. The van der Waals surface area contributed by atoms with Crippen LogP contribution in [0.2, 0.25) is 5.02 Å². The molecule has 1 N–H and O–H groups in total. The van der Waals surface area contributed by atoms with Gasteiger partial charge in [-0.15, -0.1) is 5.10 Å². The van der Waals surface area contributed by atoms with E-state index >= 15 is 0 Å². The van der Waals surface area contributed by atoms with E-state index in [4.69, 9.17) is 16.3 Å². The van der Waals surface area contributed by atoms with Crippen LogP contribution in [0.15, 0.2) is 70.7 Å². The van der Waals surface area contributed by atoms with E-state index in [1.165, 1.54) is 36.4 Å². The highest BCUT2D eigenvalue weighted by molar-refractivity contribution is 7.92. The number of nitrogens with zero attached hydrogens (tertiary/aromatic N) is 2. The summed E-state index contributed by atoms with van der Waals surface area (Å²) in [5, 5.41) is 3.52. The van der Waals surface area contributed by atoms with E-state index in [2.05, 4.69) is 15.3 Å². The number of hydrazone groups is 1. The lowest BCUT2D eigenvalue weighted by Gasteiger charge is -2.31. The number of carbonyl (C=O) groups excluding carboxylic acids is 1. The van der Waals surface area contributed by atoms with Crippen LogP contribution in [-0.4, -0.2) is 41.0 Å². The second-order valence-electron chi connectivity index (χ2n) is 9.01. The maximum absolute atomic E-state index is 13.4. The summed E-state index contributed by atoms with van der Waals surface area (Å²) >= 11 is 5.97. The van der Waals surface area contributed by atoms with Gasteiger partial charge in [-0.3, -0.25) is 9.10 Å². The van der Waals surface area contributed by atoms with Crippen molar-refractivity contribution in [3.05, 3.63) is 87.9 Å². The molecular weight excluding hydrogens is 652 g/mol. The van der Waals surface area contributed by atoms with Crippen LogP contribution in [0.5, 0.6) is 5.75 Å². The number of carbonyl (C=O) groups is 1. The number of sulfonamides is 1. The zero-order chi connectivity index (χ0) is 33.4. The van der Waals surface area contributed by atoms with E-state index in [1.807, 2.05) is 6.92 Å². The molecule has 0 atom stereocenters. The van der Waals surface area contributed by atoms with E-state index in [9.17, 15) is 39.6 Å². The Hall–Kier alpha value is -4.24. The molecule has 45 heavy (non-hydrogen) atoms. The molecule has 0 bridgehead atoms. The summed E-state index contributed by atoms with van der Waals surface area (Å²) in [6, 6.07) is 11.0. The lowest BCUT2D eigenvalue weighted by molar-refractivity contribution is -0.138. The lowest BCUT2D eigenvalue weighted by Crippen LogP contribution is -2.38. The molecule has 1 aliphatic heterocycles. The van der Waals surface area contributed by atoms with Gasteiger partial charge in [0, 0.05) is 24.1 Å². The van der Waals surface area contributed by atoms with Crippen LogP contribution >= 0.6 is 11.6 Å². The largest absolute Gasteiger partial charge is 0.489 e. The van der Waals surface area contributed by atoms with Gasteiger partial charge in [-0.25, -0.2) is 8.42 Å². The highest BCUT2D eigenvalue weighted by atomic mass is 35.5. The third-order valence-electron chi connectivity index (χ3n) is 6.08. The lowest BCUT2D eigenvalue weighted by atomic mass is 10.0. The normalized spacial score (nSPS) is 13.8. The molecule has 0 spiro atoms. The van der Waals surface area contributed by atoms with Crippen LogP contribution in [0.25, 0.3) is 12.2 Å². The van der Waals surface area contributed by atoms with Crippen molar-refractivity contribution in [2.24, 2.45) is 5.10 Å². The number of benzene rings is 3. The summed E-state index contributed by atoms with van der Waals surface area (Å²) in [6.07, 6.45) is -6.30. The molecule has 3 aromatic rings. The van der Waals surface area contributed by atoms with E-state index in [-0.39, 0.29) is 35.2 Å². The van der Waals surface area contributed by atoms with Crippen molar-refractivity contribution in [1.82, 2.24) is 5.43 Å². The van der Waals surface area contributed by atoms with Crippen molar-refractivity contribution >= 4 is 51.8 Å². The van der Waals surface area contributed by atoms with E-state index < -0.39 is 38.4 Å². The molecule has 0 fully saturated rings. The Morgan fingerprint density at radius 3 is 2.38 bits per heavy atom. The molecule has 0 saturated carbocycles. The first-order valence-corrected chi connectivity index (χ1v) is 14.8. The first-order valence-electron chi connectivity index (χ1n) is 13.0. The van der Waals surface area contributed by atoms with Gasteiger partial charge in [-0.1, -0.05) is 48.9 Å². The third-order valence-corrected chi connectivity index (χ3v) is 8.22. The first-order chi connectivity index (χ1) is 21.1. The average molecular weight is 678 g/mol. The Bertz CT molecular complexity index is 1680. The molecule has 4 rings (SSSR count). The van der Waals surface area contributed by atoms with Crippen LogP contribution in [0.4, 0.5) is 32.0 Å². The second kappa shape index (κ2) is 14.7. The molecule has 16 heteroatoms. The molecular formula is C29H26ClF6N3O5S. The fourth-order valence-corrected chi connectivity index (χ4v) is 5.76. The molecule has 242 valence electrons. The summed E-state index contributed by atoms with van der Waals surface area (Å²) in [5.41, 5.74) is 0.532. The van der Waals surface area contributed by atoms with Gasteiger partial charge >= 0.3 is 12.4 Å². The average Bonchev–Trinajstić information content (AvgIpc) is 2.99. The third kappa shape index (κ3) is 8.91. The molecule has 0 amide bonds. The van der Waals surface area contributed by atoms with Gasteiger partial charge in [0.1, 0.15) is 12.4 Å². The van der Waals surface area contributed by atoms with Crippen LogP contribution in [0, 0.1) is 0 Å². The van der Waals surface area contributed by atoms with Crippen LogP contribution in [0.3, 0.4) is 0 Å². The monoisotopic (exact) mass is 677 g/mol. The van der Waals surface area contributed by atoms with Crippen molar-refractivity contribution in [1.29, 1.82) is 0 Å². The Labute approximate surface area is 259 Å². The standard InChI is InChI=1S/C24H16ClF6NO3S.C5H10N2O2/c25-20-6-2-5-19(24(29,30)31)18(20)9-7-15-8-10-22-21(13-15)32(11-12-35-22)36(33,34)17-4-1-3-16(14-17)23(26,27)28;1-3-5(7-6-2)9-4-8/h1-10,13-14H,11-12H2;4,6H,3H2,1-2H3/b9-7+;7-5-. The molecule has 1 aliphatic rings. The van der Waals surface area contributed by atoms with Crippen LogP contribution in [-0.2, 0) is 31.9 Å². The van der Waals surface area contributed by atoms with Gasteiger partial charge in [0.25, 0.3) is 16.5 Å². The number of halogens is 7. The summed E-state index contributed by atoms with van der Waals surface area (Å²) in [4.78, 5) is 9.16. The molecule has 8 nitrogen and oxygen atoms in total. The quantitative estimate of drug-likeness (QED) is 0.0708. The Balaban J connectivity index is 0.000000535. The number of ether oxygens (including phenoxy) is 2. The Kier molecular flexibility index (Phi) is 11.5. The minimum atomic E-state index is -4.74. The number of rotatable bonds is 7. The number of fused-ring (bicyclic) bond motifs is 1. The maximum Gasteiger partial charge on any atom is 0.417 e. The van der Waals surface area contributed by atoms with Crippen molar-refractivity contribution in [3.8, 4) is 5.75 Å². The predicted octanol–water partition coefficient (Wildman–Crippen LogP) is 7.24. The predicted molar refractivity (Wildman–Crippen MR) is 157 cm³/mol. The van der Waals surface area contributed by atoms with Gasteiger partial charge in [-0.2, -0.15) is 26.3 Å². The number of hydrogen-bond acceptors (Lipinski definition) is 7. The van der Waals surface area contributed by atoms with Gasteiger partial charge < -0.3 is 14.9 Å². The zero-order valence-corrected chi connectivity index (χ0v) is 25.2. The molecule has 0 saturated heterocycles. The maximum atomic E-state index is 13.4. The van der Waals surface area contributed by atoms with Crippen molar-refractivity contribution in [2.75, 3.05) is 24.5 Å². The Morgan fingerprint density at radius 1 is 1.04 bits per heavy atom. The smallest absolute Gasteiger partial charge is 0.417 e. The molecule has 0 aromatic heterocycles. The highest BCUT2D eigenvalue weighted by Crippen LogP contribution is 2.39. The van der Waals surface area contributed by atoms with Gasteiger partial charge in [0.2, 0.25) is 5.90 Å². The van der Waals surface area contributed by atoms with Crippen LogP contribution < -0.4 is 14.5 Å². The highest BCUT2D eigenvalue weighted by Gasteiger charge is 2.35. The molecule has 0 radical (unpaired) electrons. The van der Waals surface area contributed by atoms with E-state index in [0.29, 0.717) is 30.4 Å². The first kappa shape index (κ1) is 35.2. The fourth-order valence-electron chi connectivity index (χ4n) is 4.03. The SMILES string of the molecule is CC/C(=N/NC)OC=O.O=S(=O)(c1cccc(C(F)(F)F)c1)N1CCOc2ccc(/C=C/c3c(Cl)cccc3C(F)(F)F)cc21. The topological polar surface area (TPSA) is 97.3 Å².